The predicted octanol–water partition coefficient (Wildman–Crippen LogP) is 1.17. The summed E-state index contributed by atoms with van der Waals surface area (Å²) in [5.41, 5.74) is 0. The van der Waals surface area contributed by atoms with E-state index in [4.69, 9.17) is 9.84 Å². The van der Waals surface area contributed by atoms with Gasteiger partial charge in [-0.25, -0.2) is 0 Å². The first kappa shape index (κ1) is 17.0. The molecule has 8 heteroatoms. The predicted molar refractivity (Wildman–Crippen MR) is 87.5 cm³/mol. The Morgan fingerprint density at radius 2 is 2.05 bits per heavy atom. The van der Waals surface area contributed by atoms with E-state index in [1.165, 1.54) is 11.7 Å². The lowest BCUT2D eigenvalue weighted by molar-refractivity contribution is 0.0724. The molecule has 0 aromatic carbocycles. The van der Waals surface area contributed by atoms with Gasteiger partial charge in [0.2, 0.25) is 0 Å². The van der Waals surface area contributed by atoms with Crippen molar-refractivity contribution in [3.05, 3.63) is 0 Å². The second-order valence-electron chi connectivity index (χ2n) is 4.91. The summed E-state index contributed by atoms with van der Waals surface area (Å²) in [6, 6.07) is 0. The van der Waals surface area contributed by atoms with Crippen molar-refractivity contribution in [2.45, 2.75) is 18.4 Å². The van der Waals surface area contributed by atoms with Crippen LogP contribution < -0.4 is 4.90 Å². The summed E-state index contributed by atoms with van der Waals surface area (Å²) in [5.74, 6) is 2.16. The van der Waals surface area contributed by atoms with Crippen molar-refractivity contribution in [2.24, 2.45) is 0 Å². The van der Waals surface area contributed by atoms with Crippen molar-refractivity contribution in [2.75, 3.05) is 63.2 Å². The number of piperazine rings is 1. The molecular weight excluding hydrogens is 308 g/mol. The third-order valence-electron chi connectivity index (χ3n) is 3.34. The van der Waals surface area contributed by atoms with E-state index >= 15 is 0 Å². The molecule has 0 bridgehead atoms. The number of ether oxygens (including phenoxy) is 1. The van der Waals surface area contributed by atoms with E-state index in [-0.39, 0.29) is 6.61 Å². The van der Waals surface area contributed by atoms with Crippen LogP contribution in [0.2, 0.25) is 0 Å². The number of aliphatic hydroxyl groups excluding tert-OH is 1. The van der Waals surface area contributed by atoms with Crippen LogP contribution in [0.5, 0.6) is 0 Å². The van der Waals surface area contributed by atoms with E-state index < -0.39 is 0 Å². The summed E-state index contributed by atoms with van der Waals surface area (Å²) in [7, 11) is 0. The SMILES string of the molecule is CCCSc1nsnc1N1CCN(CCOCCO)CC1. The first-order chi connectivity index (χ1) is 10.3. The molecule has 0 saturated carbocycles. The van der Waals surface area contributed by atoms with E-state index in [2.05, 4.69) is 25.5 Å². The molecule has 0 atom stereocenters. The van der Waals surface area contributed by atoms with Crippen LogP contribution >= 0.6 is 23.5 Å². The quantitative estimate of drug-likeness (QED) is 0.538. The van der Waals surface area contributed by atoms with Crippen LogP contribution in [0.15, 0.2) is 5.03 Å². The Kier molecular flexibility index (Phi) is 7.73. The minimum Gasteiger partial charge on any atom is -0.394 e. The number of hydrogen-bond acceptors (Lipinski definition) is 8. The van der Waals surface area contributed by atoms with Gasteiger partial charge in [-0.05, 0) is 12.2 Å². The Labute approximate surface area is 134 Å². The summed E-state index contributed by atoms with van der Waals surface area (Å²) >= 11 is 3.12. The Balaban J connectivity index is 1.74. The number of aromatic nitrogens is 2. The summed E-state index contributed by atoms with van der Waals surface area (Å²) in [6.07, 6.45) is 1.16. The third-order valence-corrected chi connectivity index (χ3v) is 5.14. The average Bonchev–Trinajstić information content (AvgIpc) is 2.98. The molecule has 1 N–H and O–H groups in total. The maximum atomic E-state index is 8.67. The minimum atomic E-state index is 0.100. The normalized spacial score (nSPS) is 16.6. The van der Waals surface area contributed by atoms with Gasteiger partial charge in [0.15, 0.2) is 10.8 Å². The van der Waals surface area contributed by atoms with Gasteiger partial charge in [0.25, 0.3) is 0 Å². The smallest absolute Gasteiger partial charge is 0.176 e. The Morgan fingerprint density at radius 3 is 2.76 bits per heavy atom. The summed E-state index contributed by atoms with van der Waals surface area (Å²) < 4.78 is 14.2. The lowest BCUT2D eigenvalue weighted by Crippen LogP contribution is -2.47. The molecule has 2 rings (SSSR count). The van der Waals surface area contributed by atoms with Crippen LogP contribution in [0, 0.1) is 0 Å². The molecule has 1 saturated heterocycles. The van der Waals surface area contributed by atoms with Crippen molar-refractivity contribution in [1.82, 2.24) is 13.6 Å². The maximum Gasteiger partial charge on any atom is 0.176 e. The molecule has 6 nitrogen and oxygen atoms in total. The van der Waals surface area contributed by atoms with Gasteiger partial charge in [0.1, 0.15) is 0 Å². The van der Waals surface area contributed by atoms with Gasteiger partial charge in [-0.3, -0.25) is 4.90 Å². The molecule has 0 amide bonds. The lowest BCUT2D eigenvalue weighted by Gasteiger charge is -2.34. The molecule has 1 aliphatic rings. The molecule has 1 aliphatic heterocycles. The van der Waals surface area contributed by atoms with Crippen molar-refractivity contribution in [3.63, 3.8) is 0 Å². The van der Waals surface area contributed by atoms with Crippen LogP contribution in [0.25, 0.3) is 0 Å². The number of hydrogen-bond donors (Lipinski definition) is 1. The van der Waals surface area contributed by atoms with Gasteiger partial charge >= 0.3 is 0 Å². The second kappa shape index (κ2) is 9.58. The third kappa shape index (κ3) is 5.37. The van der Waals surface area contributed by atoms with Gasteiger partial charge in [0.05, 0.1) is 31.5 Å². The zero-order valence-electron chi connectivity index (χ0n) is 12.5. The highest BCUT2D eigenvalue weighted by Crippen LogP contribution is 2.29. The van der Waals surface area contributed by atoms with E-state index in [1.807, 2.05) is 0 Å². The van der Waals surface area contributed by atoms with Gasteiger partial charge < -0.3 is 14.7 Å². The minimum absolute atomic E-state index is 0.100. The molecule has 0 aliphatic carbocycles. The van der Waals surface area contributed by atoms with E-state index in [9.17, 15) is 0 Å². The number of aliphatic hydroxyl groups is 1. The van der Waals surface area contributed by atoms with E-state index in [0.29, 0.717) is 13.2 Å². The molecule has 120 valence electrons. The fourth-order valence-electron chi connectivity index (χ4n) is 2.20. The standard InChI is InChI=1S/C13H24N4O2S2/c1-2-11-20-13-12(14-21-15-13)17-5-3-16(4-6-17)7-9-19-10-8-18/h18H,2-11H2,1H3. The molecule has 0 radical (unpaired) electrons. The lowest BCUT2D eigenvalue weighted by atomic mass is 10.3. The van der Waals surface area contributed by atoms with Gasteiger partial charge in [-0.2, -0.15) is 8.75 Å². The fourth-order valence-corrected chi connectivity index (χ4v) is 3.75. The molecule has 0 unspecified atom stereocenters. The highest BCUT2D eigenvalue weighted by atomic mass is 32.2. The van der Waals surface area contributed by atoms with Crippen molar-refractivity contribution < 1.29 is 9.84 Å². The van der Waals surface area contributed by atoms with Crippen molar-refractivity contribution in [1.29, 1.82) is 0 Å². The summed E-state index contributed by atoms with van der Waals surface area (Å²) in [4.78, 5) is 4.74. The first-order valence-electron chi connectivity index (χ1n) is 7.46. The number of nitrogens with zero attached hydrogens (tertiary/aromatic N) is 4. The van der Waals surface area contributed by atoms with Gasteiger partial charge in [-0.15, -0.1) is 11.8 Å². The van der Waals surface area contributed by atoms with Crippen LogP contribution in [-0.2, 0) is 4.74 Å². The largest absolute Gasteiger partial charge is 0.394 e. The average molecular weight is 332 g/mol. The van der Waals surface area contributed by atoms with E-state index in [1.54, 1.807) is 11.8 Å². The van der Waals surface area contributed by atoms with Gasteiger partial charge in [-0.1, -0.05) is 6.92 Å². The number of anilines is 1. The van der Waals surface area contributed by atoms with Crippen molar-refractivity contribution >= 4 is 29.3 Å². The zero-order valence-corrected chi connectivity index (χ0v) is 14.2. The molecular formula is C13H24N4O2S2. The molecule has 21 heavy (non-hydrogen) atoms. The second-order valence-corrected chi connectivity index (χ2v) is 6.52. The molecule has 1 fully saturated rings. The highest BCUT2D eigenvalue weighted by molar-refractivity contribution is 7.99. The van der Waals surface area contributed by atoms with Gasteiger partial charge in [0, 0.05) is 32.7 Å². The zero-order chi connectivity index (χ0) is 14.9. The Hall–Kier alpha value is -0.410. The summed E-state index contributed by atoms with van der Waals surface area (Å²) in [6.45, 7) is 8.37. The Morgan fingerprint density at radius 1 is 1.24 bits per heavy atom. The monoisotopic (exact) mass is 332 g/mol. The van der Waals surface area contributed by atoms with Crippen LogP contribution in [-0.4, -0.2) is 77.1 Å². The number of rotatable bonds is 9. The van der Waals surface area contributed by atoms with Crippen LogP contribution in [0.4, 0.5) is 5.82 Å². The molecule has 1 aromatic heterocycles. The maximum absolute atomic E-state index is 8.67. The summed E-state index contributed by atoms with van der Waals surface area (Å²) in [5, 5.41) is 9.76. The molecule has 0 spiro atoms. The fraction of sp³-hybridized carbons (Fsp3) is 0.846. The van der Waals surface area contributed by atoms with E-state index in [0.717, 1.165) is 55.7 Å². The van der Waals surface area contributed by atoms with Crippen LogP contribution in [0.3, 0.4) is 0 Å². The Bertz CT molecular complexity index is 397. The molecule has 2 heterocycles. The number of thioether (sulfide) groups is 1. The molecule has 1 aromatic rings. The topological polar surface area (TPSA) is 61.7 Å². The van der Waals surface area contributed by atoms with Crippen LogP contribution in [0.1, 0.15) is 13.3 Å². The first-order valence-corrected chi connectivity index (χ1v) is 9.18. The highest BCUT2D eigenvalue weighted by Gasteiger charge is 2.21. The van der Waals surface area contributed by atoms with Crippen molar-refractivity contribution in [3.8, 4) is 0 Å².